The summed E-state index contributed by atoms with van der Waals surface area (Å²) in [5.74, 6) is -4.26. The minimum absolute atomic E-state index is 0.00530. The largest absolute Gasteiger partial charge is 0.276 e. The van der Waals surface area contributed by atoms with Crippen LogP contribution in [0.2, 0.25) is 0 Å². The first-order valence-electron chi connectivity index (χ1n) is 4.81. The Kier molecular flexibility index (Phi) is 2.28. The number of alkyl halides is 2. The lowest BCUT2D eigenvalue weighted by molar-refractivity contribution is 0.0407. The van der Waals surface area contributed by atoms with E-state index in [9.17, 15) is 17.2 Å². The summed E-state index contributed by atoms with van der Waals surface area (Å²) in [5.41, 5.74) is -1.32. The lowest BCUT2D eigenvalue weighted by Gasteiger charge is -2.29. The van der Waals surface area contributed by atoms with Gasteiger partial charge in [-0.3, -0.25) is 0 Å². The van der Waals surface area contributed by atoms with Gasteiger partial charge in [-0.05, 0) is 12.8 Å². The van der Waals surface area contributed by atoms with E-state index in [-0.39, 0.29) is 25.9 Å². The topological polar surface area (TPSA) is 87.2 Å². The van der Waals surface area contributed by atoms with Crippen molar-refractivity contribution < 1.29 is 17.2 Å². The van der Waals surface area contributed by atoms with Gasteiger partial charge in [0, 0.05) is 13.1 Å². The van der Waals surface area contributed by atoms with Crippen molar-refractivity contribution in [3.63, 3.8) is 0 Å². The molecule has 0 radical (unpaired) electrons. The number of hydrogen-bond donors (Lipinski definition) is 1. The second-order valence-electron chi connectivity index (χ2n) is 4.29. The van der Waals surface area contributed by atoms with Crippen LogP contribution in [0.1, 0.15) is 12.8 Å². The molecule has 1 saturated heterocycles. The molecule has 0 unspecified atom stereocenters. The highest BCUT2D eigenvalue weighted by Crippen LogP contribution is 2.70. The number of halogens is 2. The van der Waals surface area contributed by atoms with Crippen LogP contribution in [0.15, 0.2) is 0 Å². The Bertz CT molecular complexity index is 448. The zero-order chi connectivity index (χ0) is 12.2. The van der Waals surface area contributed by atoms with E-state index in [0.717, 1.165) is 4.31 Å². The van der Waals surface area contributed by atoms with E-state index in [1.165, 1.54) is 0 Å². The maximum absolute atomic E-state index is 13.3. The highest BCUT2D eigenvalue weighted by molar-refractivity contribution is 7.86. The lowest BCUT2D eigenvalue weighted by Crippen LogP contribution is -2.43. The molecule has 0 bridgehead atoms. The zero-order valence-corrected chi connectivity index (χ0v) is 9.17. The monoisotopic (exact) mass is 251 g/mol. The summed E-state index contributed by atoms with van der Waals surface area (Å²) >= 11 is 0. The van der Waals surface area contributed by atoms with Crippen molar-refractivity contribution in [2.24, 2.45) is 16.5 Å². The molecule has 2 rings (SSSR count). The van der Waals surface area contributed by atoms with Gasteiger partial charge >= 0.3 is 0 Å². The number of nitrogens with two attached hydrogens (primary N) is 1. The quantitative estimate of drug-likeness (QED) is 0.714. The Morgan fingerprint density at radius 2 is 1.88 bits per heavy atom. The van der Waals surface area contributed by atoms with E-state index in [1.807, 2.05) is 0 Å². The molecule has 1 saturated carbocycles. The molecule has 16 heavy (non-hydrogen) atoms. The predicted octanol–water partition coefficient (Wildman–Crippen LogP) is 0.0608. The van der Waals surface area contributed by atoms with Crippen molar-refractivity contribution >= 4 is 10.2 Å². The average molecular weight is 251 g/mol. The molecule has 2 aliphatic rings. The summed E-state index contributed by atoms with van der Waals surface area (Å²) in [6, 6.07) is 1.59. The van der Waals surface area contributed by atoms with Gasteiger partial charge in [-0.25, -0.2) is 13.9 Å². The van der Waals surface area contributed by atoms with Crippen molar-refractivity contribution in [1.82, 2.24) is 4.31 Å². The number of piperidine rings is 1. The van der Waals surface area contributed by atoms with E-state index in [2.05, 4.69) is 0 Å². The summed E-state index contributed by atoms with van der Waals surface area (Å²) in [6.07, 6.45) is -0.0106. The molecule has 0 aromatic carbocycles. The maximum atomic E-state index is 13.3. The summed E-state index contributed by atoms with van der Waals surface area (Å²) < 4.78 is 49.6. The van der Waals surface area contributed by atoms with Gasteiger partial charge in [0.15, 0.2) is 0 Å². The molecule has 1 heterocycles. The first-order chi connectivity index (χ1) is 7.25. The van der Waals surface area contributed by atoms with E-state index in [4.69, 9.17) is 10.4 Å². The minimum atomic E-state index is -3.80. The van der Waals surface area contributed by atoms with Crippen LogP contribution >= 0.6 is 0 Å². The second-order valence-corrected chi connectivity index (χ2v) is 5.83. The number of nitrogens with zero attached hydrogens (tertiary/aromatic N) is 2. The molecule has 5 nitrogen and oxygen atoms in total. The van der Waals surface area contributed by atoms with E-state index >= 15 is 0 Å². The van der Waals surface area contributed by atoms with Gasteiger partial charge in [0.2, 0.25) is 0 Å². The van der Waals surface area contributed by atoms with E-state index in [1.54, 1.807) is 6.07 Å². The van der Waals surface area contributed by atoms with Crippen LogP contribution < -0.4 is 5.14 Å². The fourth-order valence-corrected chi connectivity index (χ4v) is 3.17. The molecule has 1 atom stereocenters. The van der Waals surface area contributed by atoms with Gasteiger partial charge < -0.3 is 0 Å². The van der Waals surface area contributed by atoms with Crippen LogP contribution in [-0.2, 0) is 10.2 Å². The normalized spacial score (nSPS) is 32.2. The fourth-order valence-electron chi connectivity index (χ4n) is 2.48. The first kappa shape index (κ1) is 11.7. The van der Waals surface area contributed by atoms with Gasteiger partial charge in [0.1, 0.15) is 5.92 Å². The van der Waals surface area contributed by atoms with Crippen LogP contribution in [0.25, 0.3) is 0 Å². The molecule has 1 spiro atoms. The average Bonchev–Trinajstić information content (AvgIpc) is 2.60. The summed E-state index contributed by atoms with van der Waals surface area (Å²) in [4.78, 5) is 0. The summed E-state index contributed by atoms with van der Waals surface area (Å²) in [7, 11) is -3.80. The van der Waals surface area contributed by atoms with Gasteiger partial charge in [-0.1, -0.05) is 0 Å². The van der Waals surface area contributed by atoms with E-state index < -0.39 is 27.5 Å². The molecular formula is C8H11F2N3O2S. The molecule has 2 fully saturated rings. The molecule has 0 amide bonds. The van der Waals surface area contributed by atoms with Crippen LogP contribution in [0.4, 0.5) is 8.78 Å². The van der Waals surface area contributed by atoms with Crippen molar-refractivity contribution in [3.8, 4) is 6.07 Å². The van der Waals surface area contributed by atoms with Crippen molar-refractivity contribution in [2.45, 2.75) is 18.8 Å². The Balaban J connectivity index is 2.11. The number of hydrogen-bond acceptors (Lipinski definition) is 3. The van der Waals surface area contributed by atoms with Gasteiger partial charge in [-0.15, -0.1) is 0 Å². The third kappa shape index (κ3) is 1.35. The number of rotatable bonds is 1. The molecule has 0 aromatic heterocycles. The SMILES string of the molecule is N#C[C@@H]1C(F)(F)C12CCN(S(N)(=O)=O)CC2. The zero-order valence-electron chi connectivity index (χ0n) is 8.36. The van der Waals surface area contributed by atoms with Gasteiger partial charge in [0.25, 0.3) is 16.1 Å². The smallest absolute Gasteiger partial charge is 0.216 e. The third-order valence-corrected chi connectivity index (χ3v) is 4.68. The standard InChI is InChI=1S/C8H11F2N3O2S/c9-8(10)6(5-11)7(8)1-3-13(4-2-7)16(12,14)15/h6H,1-4H2,(H2,12,14,15)/t6-/m0/s1. The fraction of sp³-hybridized carbons (Fsp3) is 0.875. The summed E-state index contributed by atoms with van der Waals surface area (Å²) in [5, 5.41) is 13.5. The molecule has 2 N–H and O–H groups in total. The molecule has 0 aromatic rings. The Morgan fingerprint density at radius 3 is 2.19 bits per heavy atom. The van der Waals surface area contributed by atoms with Crippen molar-refractivity contribution in [3.05, 3.63) is 0 Å². The second kappa shape index (κ2) is 3.12. The molecule has 8 heteroatoms. The van der Waals surface area contributed by atoms with Gasteiger partial charge in [0.05, 0.1) is 11.5 Å². The Morgan fingerprint density at radius 1 is 1.38 bits per heavy atom. The Hall–Kier alpha value is -0.780. The molecular weight excluding hydrogens is 240 g/mol. The minimum Gasteiger partial charge on any atom is -0.216 e. The summed E-state index contributed by atoms with van der Waals surface area (Å²) in [6.45, 7) is -0.0702. The third-order valence-electron chi connectivity index (χ3n) is 3.60. The number of nitriles is 1. The van der Waals surface area contributed by atoms with Crippen LogP contribution in [0.5, 0.6) is 0 Å². The molecule has 1 aliphatic heterocycles. The highest BCUT2D eigenvalue weighted by Gasteiger charge is 2.81. The maximum Gasteiger partial charge on any atom is 0.276 e. The molecule has 1 aliphatic carbocycles. The lowest BCUT2D eigenvalue weighted by atomic mass is 9.92. The van der Waals surface area contributed by atoms with Crippen LogP contribution in [-0.4, -0.2) is 31.7 Å². The van der Waals surface area contributed by atoms with Crippen molar-refractivity contribution in [1.29, 1.82) is 5.26 Å². The first-order valence-corrected chi connectivity index (χ1v) is 6.31. The van der Waals surface area contributed by atoms with Crippen molar-refractivity contribution in [2.75, 3.05) is 13.1 Å². The Labute approximate surface area is 92.0 Å². The van der Waals surface area contributed by atoms with Crippen LogP contribution in [0, 0.1) is 22.7 Å². The highest BCUT2D eigenvalue weighted by atomic mass is 32.2. The van der Waals surface area contributed by atoms with E-state index in [0.29, 0.717) is 0 Å². The predicted molar refractivity (Wildman–Crippen MR) is 50.4 cm³/mol. The van der Waals surface area contributed by atoms with Crippen LogP contribution in [0.3, 0.4) is 0 Å². The molecule has 90 valence electrons. The van der Waals surface area contributed by atoms with Gasteiger partial charge in [-0.2, -0.15) is 18.0 Å².